The lowest BCUT2D eigenvalue weighted by molar-refractivity contribution is -0.153. The second-order valence-corrected chi connectivity index (χ2v) is 3.50. The number of aldehydes is 1. The van der Waals surface area contributed by atoms with Gasteiger partial charge in [-0.3, -0.25) is 14.8 Å². The summed E-state index contributed by atoms with van der Waals surface area (Å²) >= 11 is 0. The summed E-state index contributed by atoms with van der Waals surface area (Å²) in [5, 5.41) is 9.26. The molecule has 2 atom stereocenters. The molecule has 3 N–H and O–H groups in total. The van der Waals surface area contributed by atoms with E-state index in [0.29, 0.717) is 24.2 Å². The van der Waals surface area contributed by atoms with Crippen molar-refractivity contribution in [2.75, 3.05) is 6.54 Å². The molecule has 86 valence electrons. The third-order valence-electron chi connectivity index (χ3n) is 2.19. The smallest absolute Gasteiger partial charge is 0.233 e. The topological polar surface area (TPSA) is 101 Å². The van der Waals surface area contributed by atoms with Crippen molar-refractivity contribution >= 4 is 18.6 Å². The van der Waals surface area contributed by atoms with Crippen molar-refractivity contribution < 1.29 is 19.6 Å². The van der Waals surface area contributed by atoms with E-state index in [4.69, 9.17) is 10.9 Å². The molecular weight excluding hydrogens is 200 g/mol. The van der Waals surface area contributed by atoms with Crippen LogP contribution in [0, 0.1) is 11.8 Å². The highest BCUT2D eigenvalue weighted by atomic mass is 16.5. The van der Waals surface area contributed by atoms with E-state index in [1.54, 1.807) is 6.92 Å². The van der Waals surface area contributed by atoms with Crippen LogP contribution in [0.5, 0.6) is 0 Å². The van der Waals surface area contributed by atoms with Gasteiger partial charge in [-0.05, 0) is 12.8 Å². The standard InChI is InChI=1S/C9H16N2O4/c1-7(9(10)14)2-3-8(5-12)4-11(15)6-13/h5-8,15H,2-4H2,1H3,(H2,10,14). The second-order valence-electron chi connectivity index (χ2n) is 3.50. The maximum Gasteiger partial charge on any atom is 0.233 e. The van der Waals surface area contributed by atoms with Crippen molar-refractivity contribution in [1.82, 2.24) is 5.06 Å². The highest BCUT2D eigenvalue weighted by Gasteiger charge is 2.15. The van der Waals surface area contributed by atoms with E-state index in [1.807, 2.05) is 0 Å². The molecule has 2 unspecified atom stereocenters. The lowest BCUT2D eigenvalue weighted by Crippen LogP contribution is -2.27. The summed E-state index contributed by atoms with van der Waals surface area (Å²) in [6.45, 7) is 1.61. The fraction of sp³-hybridized carbons (Fsp3) is 0.667. The van der Waals surface area contributed by atoms with Gasteiger partial charge in [0.25, 0.3) is 0 Å². The number of amides is 2. The highest BCUT2D eigenvalue weighted by Crippen LogP contribution is 2.11. The number of primary amides is 1. The summed E-state index contributed by atoms with van der Waals surface area (Å²) in [5.41, 5.74) is 5.05. The van der Waals surface area contributed by atoms with Crippen LogP contribution in [0.1, 0.15) is 19.8 Å². The SMILES string of the molecule is CC(CCC(C=O)CN(O)C=O)C(N)=O. The van der Waals surface area contributed by atoms with Gasteiger partial charge in [0.15, 0.2) is 0 Å². The molecule has 0 heterocycles. The van der Waals surface area contributed by atoms with E-state index < -0.39 is 11.8 Å². The maximum absolute atomic E-state index is 10.7. The third kappa shape index (κ3) is 5.79. The van der Waals surface area contributed by atoms with Gasteiger partial charge in [-0.1, -0.05) is 6.92 Å². The Hall–Kier alpha value is -1.43. The molecular formula is C9H16N2O4. The number of hydroxylamine groups is 2. The molecule has 0 aromatic carbocycles. The Morgan fingerprint density at radius 3 is 2.47 bits per heavy atom. The minimum atomic E-state index is -0.470. The molecule has 15 heavy (non-hydrogen) atoms. The molecule has 0 saturated heterocycles. The van der Waals surface area contributed by atoms with Crippen LogP contribution in [0.2, 0.25) is 0 Å². The summed E-state index contributed by atoms with van der Waals surface area (Å²) in [6.07, 6.45) is 1.76. The van der Waals surface area contributed by atoms with Crippen LogP contribution >= 0.6 is 0 Å². The molecule has 2 amide bonds. The van der Waals surface area contributed by atoms with Crippen LogP contribution in [0.25, 0.3) is 0 Å². The molecule has 0 fully saturated rings. The summed E-state index contributed by atoms with van der Waals surface area (Å²) in [4.78, 5) is 31.4. The van der Waals surface area contributed by atoms with Crippen molar-refractivity contribution in [3.63, 3.8) is 0 Å². The first-order chi connectivity index (χ1) is 7.01. The Morgan fingerprint density at radius 2 is 2.07 bits per heavy atom. The molecule has 0 rings (SSSR count). The quantitative estimate of drug-likeness (QED) is 0.326. The predicted molar refractivity (Wildman–Crippen MR) is 51.7 cm³/mol. The van der Waals surface area contributed by atoms with Crippen molar-refractivity contribution in [2.24, 2.45) is 17.6 Å². The molecule has 0 aromatic rings. The molecule has 0 aromatic heterocycles. The Kier molecular flexibility index (Phi) is 6.28. The Balaban J connectivity index is 3.94. The normalized spacial score (nSPS) is 14.0. The largest absolute Gasteiger partial charge is 0.369 e. The number of nitrogens with zero attached hydrogens (tertiary/aromatic N) is 1. The van der Waals surface area contributed by atoms with E-state index >= 15 is 0 Å². The first-order valence-corrected chi connectivity index (χ1v) is 4.66. The van der Waals surface area contributed by atoms with Gasteiger partial charge in [-0.2, -0.15) is 0 Å². The lowest BCUT2D eigenvalue weighted by atomic mass is 9.97. The number of carbonyl (C=O) groups is 3. The van der Waals surface area contributed by atoms with Gasteiger partial charge in [-0.15, -0.1) is 0 Å². The molecule has 0 bridgehead atoms. The first kappa shape index (κ1) is 13.6. The van der Waals surface area contributed by atoms with Crippen LogP contribution in [0.4, 0.5) is 0 Å². The van der Waals surface area contributed by atoms with Crippen LogP contribution in [0.3, 0.4) is 0 Å². The Labute approximate surface area is 88.0 Å². The van der Waals surface area contributed by atoms with E-state index in [0.717, 1.165) is 0 Å². The molecule has 0 spiro atoms. The van der Waals surface area contributed by atoms with Gasteiger partial charge in [-0.25, -0.2) is 5.06 Å². The summed E-state index contributed by atoms with van der Waals surface area (Å²) in [5.74, 6) is -1.20. The monoisotopic (exact) mass is 216 g/mol. The van der Waals surface area contributed by atoms with Crippen molar-refractivity contribution in [3.8, 4) is 0 Å². The zero-order valence-corrected chi connectivity index (χ0v) is 8.63. The molecule has 0 radical (unpaired) electrons. The lowest BCUT2D eigenvalue weighted by Gasteiger charge is -2.15. The summed E-state index contributed by atoms with van der Waals surface area (Å²) in [6, 6.07) is 0. The third-order valence-corrected chi connectivity index (χ3v) is 2.19. The fourth-order valence-corrected chi connectivity index (χ4v) is 1.09. The van der Waals surface area contributed by atoms with Gasteiger partial charge < -0.3 is 10.5 Å². The van der Waals surface area contributed by atoms with E-state index in [2.05, 4.69) is 0 Å². The number of carbonyl (C=O) groups excluding carboxylic acids is 3. The highest BCUT2D eigenvalue weighted by molar-refractivity contribution is 5.76. The first-order valence-electron chi connectivity index (χ1n) is 4.66. The average Bonchev–Trinajstić information content (AvgIpc) is 2.22. The van der Waals surface area contributed by atoms with Crippen LogP contribution in [0.15, 0.2) is 0 Å². The van der Waals surface area contributed by atoms with E-state index in [1.165, 1.54) is 0 Å². The van der Waals surface area contributed by atoms with Gasteiger partial charge in [0.2, 0.25) is 12.3 Å². The van der Waals surface area contributed by atoms with Gasteiger partial charge in [0.05, 0.1) is 6.54 Å². The molecule has 6 nitrogen and oxygen atoms in total. The minimum Gasteiger partial charge on any atom is -0.369 e. The van der Waals surface area contributed by atoms with E-state index in [9.17, 15) is 14.4 Å². The van der Waals surface area contributed by atoms with Crippen LogP contribution in [-0.4, -0.2) is 35.4 Å². The van der Waals surface area contributed by atoms with Crippen LogP contribution in [-0.2, 0) is 14.4 Å². The van der Waals surface area contributed by atoms with Crippen molar-refractivity contribution in [1.29, 1.82) is 0 Å². The van der Waals surface area contributed by atoms with Crippen molar-refractivity contribution in [2.45, 2.75) is 19.8 Å². The number of hydrogen-bond donors (Lipinski definition) is 2. The zero-order chi connectivity index (χ0) is 11.8. The fourth-order valence-electron chi connectivity index (χ4n) is 1.09. The second kappa shape index (κ2) is 6.94. The number of hydrogen-bond acceptors (Lipinski definition) is 4. The average molecular weight is 216 g/mol. The van der Waals surface area contributed by atoms with Gasteiger partial charge in [0.1, 0.15) is 6.29 Å². The molecule has 0 aliphatic carbocycles. The molecule has 0 aliphatic rings. The molecule has 0 saturated carbocycles. The minimum absolute atomic E-state index is 0.0571. The van der Waals surface area contributed by atoms with Crippen LogP contribution < -0.4 is 5.73 Å². The maximum atomic E-state index is 10.7. The zero-order valence-electron chi connectivity index (χ0n) is 8.63. The van der Waals surface area contributed by atoms with Gasteiger partial charge >= 0.3 is 0 Å². The summed E-state index contributed by atoms with van der Waals surface area (Å²) in [7, 11) is 0. The Bertz CT molecular complexity index is 232. The predicted octanol–water partition coefficient (Wildman–Crippen LogP) is -0.449. The number of rotatable bonds is 8. The molecule has 6 heteroatoms. The molecule has 0 aliphatic heterocycles. The van der Waals surface area contributed by atoms with Crippen molar-refractivity contribution in [3.05, 3.63) is 0 Å². The number of nitrogens with two attached hydrogens (primary N) is 1. The van der Waals surface area contributed by atoms with Gasteiger partial charge in [0, 0.05) is 11.8 Å². The van der Waals surface area contributed by atoms with E-state index in [-0.39, 0.29) is 18.9 Å². The Morgan fingerprint density at radius 1 is 1.47 bits per heavy atom. The summed E-state index contributed by atoms with van der Waals surface area (Å²) < 4.78 is 0.